The lowest BCUT2D eigenvalue weighted by Gasteiger charge is -2.25. The summed E-state index contributed by atoms with van der Waals surface area (Å²) in [5.74, 6) is -0.0680. The zero-order valence-corrected chi connectivity index (χ0v) is 12.8. The molecule has 1 aliphatic rings. The molecule has 0 bridgehead atoms. The summed E-state index contributed by atoms with van der Waals surface area (Å²) in [4.78, 5) is 26.1. The molecule has 5 nitrogen and oxygen atoms in total. The van der Waals surface area contributed by atoms with E-state index in [1.54, 1.807) is 4.90 Å². The first-order valence-corrected chi connectivity index (χ1v) is 7.42. The number of urea groups is 1. The van der Waals surface area contributed by atoms with Crippen LogP contribution in [0.5, 0.6) is 0 Å². The van der Waals surface area contributed by atoms with Gasteiger partial charge in [-0.1, -0.05) is 17.7 Å². The number of benzene rings is 1. The Hall–Kier alpha value is -2.04. The molecule has 2 N–H and O–H groups in total. The molecule has 3 amide bonds. The maximum Gasteiger partial charge on any atom is 0.322 e. The number of carbonyl (C=O) groups excluding carboxylic acids is 2. The van der Waals surface area contributed by atoms with Gasteiger partial charge in [-0.2, -0.15) is 0 Å². The Labute approximate surface area is 125 Å². The second-order valence-corrected chi connectivity index (χ2v) is 5.81. The summed E-state index contributed by atoms with van der Waals surface area (Å²) in [6, 6.07) is 7.14. The van der Waals surface area contributed by atoms with Crippen molar-refractivity contribution in [1.82, 2.24) is 10.2 Å². The van der Waals surface area contributed by atoms with Gasteiger partial charge >= 0.3 is 6.03 Å². The smallest absolute Gasteiger partial charge is 0.322 e. The second-order valence-electron chi connectivity index (χ2n) is 5.81. The fourth-order valence-corrected chi connectivity index (χ4v) is 2.50. The van der Waals surface area contributed by atoms with Crippen molar-refractivity contribution in [3.05, 3.63) is 29.8 Å². The van der Waals surface area contributed by atoms with Crippen LogP contribution in [0.1, 0.15) is 32.3 Å². The van der Waals surface area contributed by atoms with Crippen LogP contribution in [0.3, 0.4) is 0 Å². The first-order chi connectivity index (χ1) is 9.97. The average Bonchev–Trinajstić information content (AvgIpc) is 2.90. The molecule has 1 fully saturated rings. The van der Waals surface area contributed by atoms with Crippen molar-refractivity contribution in [3.8, 4) is 0 Å². The van der Waals surface area contributed by atoms with Gasteiger partial charge in [0, 0.05) is 18.3 Å². The third kappa shape index (κ3) is 3.97. The number of carbonyl (C=O) groups is 2. The lowest BCUT2D eigenvalue weighted by atomic mass is 10.2. The van der Waals surface area contributed by atoms with Gasteiger partial charge in [-0.25, -0.2) is 4.79 Å². The normalized spacial score (nSPS) is 17.9. The summed E-state index contributed by atoms with van der Waals surface area (Å²) in [5, 5.41) is 5.74. The van der Waals surface area contributed by atoms with Gasteiger partial charge in [0.1, 0.15) is 6.04 Å². The Balaban J connectivity index is 2.00. The molecule has 2 rings (SSSR count). The molecule has 1 unspecified atom stereocenters. The van der Waals surface area contributed by atoms with E-state index < -0.39 is 0 Å². The van der Waals surface area contributed by atoms with E-state index >= 15 is 0 Å². The van der Waals surface area contributed by atoms with Gasteiger partial charge in [-0.3, -0.25) is 4.79 Å². The highest BCUT2D eigenvalue weighted by Crippen LogP contribution is 2.19. The Morgan fingerprint density at radius 2 is 1.90 bits per heavy atom. The van der Waals surface area contributed by atoms with Crippen LogP contribution in [-0.2, 0) is 4.79 Å². The maximum absolute atomic E-state index is 12.3. The number of hydrogen-bond acceptors (Lipinski definition) is 2. The Morgan fingerprint density at radius 1 is 1.24 bits per heavy atom. The van der Waals surface area contributed by atoms with Crippen molar-refractivity contribution >= 4 is 17.6 Å². The summed E-state index contributed by atoms with van der Waals surface area (Å²) in [6.07, 6.45) is 1.58. The highest BCUT2D eigenvalue weighted by Gasteiger charge is 2.34. The highest BCUT2D eigenvalue weighted by molar-refractivity contribution is 5.94. The average molecular weight is 289 g/mol. The molecular formula is C16H23N3O2. The zero-order valence-electron chi connectivity index (χ0n) is 12.8. The van der Waals surface area contributed by atoms with E-state index in [1.807, 2.05) is 45.0 Å². The maximum atomic E-state index is 12.3. The topological polar surface area (TPSA) is 61.4 Å². The number of rotatable bonds is 3. The summed E-state index contributed by atoms with van der Waals surface area (Å²) >= 11 is 0. The molecule has 1 heterocycles. The van der Waals surface area contributed by atoms with Crippen LogP contribution in [0.15, 0.2) is 24.3 Å². The molecule has 0 radical (unpaired) electrons. The molecule has 1 aliphatic heterocycles. The Morgan fingerprint density at radius 3 is 2.52 bits per heavy atom. The quantitative estimate of drug-likeness (QED) is 0.898. The summed E-state index contributed by atoms with van der Waals surface area (Å²) in [5.41, 5.74) is 1.89. The predicted octanol–water partition coefficient (Wildman–Crippen LogP) is 2.52. The monoisotopic (exact) mass is 289 g/mol. The Bertz CT molecular complexity index is 511. The SMILES string of the molecule is Cc1ccc(NC(=O)N2CCCC2C(=O)NC(C)C)cc1. The number of hydrogen-bond donors (Lipinski definition) is 2. The molecule has 21 heavy (non-hydrogen) atoms. The van der Waals surface area contributed by atoms with Crippen LogP contribution < -0.4 is 10.6 Å². The number of nitrogens with one attached hydrogen (secondary N) is 2. The fourth-order valence-electron chi connectivity index (χ4n) is 2.50. The van der Waals surface area contributed by atoms with Gasteiger partial charge in [0.2, 0.25) is 5.91 Å². The molecule has 0 aliphatic carbocycles. The van der Waals surface area contributed by atoms with Crippen molar-refractivity contribution in [2.75, 3.05) is 11.9 Å². The van der Waals surface area contributed by atoms with Crippen molar-refractivity contribution in [2.24, 2.45) is 0 Å². The Kier molecular flexibility index (Phi) is 4.83. The summed E-state index contributed by atoms with van der Waals surface area (Å²) < 4.78 is 0. The molecule has 114 valence electrons. The lowest BCUT2D eigenvalue weighted by molar-refractivity contribution is -0.125. The van der Waals surface area contributed by atoms with E-state index in [9.17, 15) is 9.59 Å². The fraction of sp³-hybridized carbons (Fsp3) is 0.500. The van der Waals surface area contributed by atoms with E-state index in [4.69, 9.17) is 0 Å². The molecule has 1 saturated heterocycles. The van der Waals surface area contributed by atoms with Gasteiger partial charge in [-0.05, 0) is 45.7 Å². The van der Waals surface area contributed by atoms with Crippen LogP contribution in [0.4, 0.5) is 10.5 Å². The standard InChI is InChI=1S/C16H23N3O2/c1-11(2)17-15(20)14-5-4-10-19(14)16(21)18-13-8-6-12(3)7-9-13/h6-9,11,14H,4-5,10H2,1-3H3,(H,17,20)(H,18,21). The number of anilines is 1. The molecular weight excluding hydrogens is 266 g/mol. The molecule has 0 spiro atoms. The van der Waals surface area contributed by atoms with E-state index in [-0.39, 0.29) is 24.0 Å². The van der Waals surface area contributed by atoms with Crippen molar-refractivity contribution in [1.29, 1.82) is 0 Å². The van der Waals surface area contributed by atoms with E-state index in [2.05, 4.69) is 10.6 Å². The zero-order chi connectivity index (χ0) is 15.4. The van der Waals surface area contributed by atoms with Gasteiger partial charge in [0.15, 0.2) is 0 Å². The number of aryl methyl sites for hydroxylation is 1. The van der Waals surface area contributed by atoms with Gasteiger partial charge in [-0.15, -0.1) is 0 Å². The minimum absolute atomic E-state index is 0.0680. The van der Waals surface area contributed by atoms with Crippen LogP contribution in [0.25, 0.3) is 0 Å². The van der Waals surface area contributed by atoms with Crippen molar-refractivity contribution in [3.63, 3.8) is 0 Å². The minimum Gasteiger partial charge on any atom is -0.352 e. The van der Waals surface area contributed by atoms with Crippen molar-refractivity contribution < 1.29 is 9.59 Å². The second kappa shape index (κ2) is 6.61. The first kappa shape index (κ1) is 15.4. The number of likely N-dealkylation sites (tertiary alicyclic amines) is 1. The number of nitrogens with zero attached hydrogens (tertiary/aromatic N) is 1. The largest absolute Gasteiger partial charge is 0.352 e. The van der Waals surface area contributed by atoms with Crippen LogP contribution >= 0.6 is 0 Å². The van der Waals surface area contributed by atoms with Gasteiger partial charge in [0.25, 0.3) is 0 Å². The van der Waals surface area contributed by atoms with Crippen molar-refractivity contribution in [2.45, 2.75) is 45.7 Å². The van der Waals surface area contributed by atoms with Gasteiger partial charge < -0.3 is 15.5 Å². The van der Waals surface area contributed by atoms with Crippen LogP contribution in [0, 0.1) is 6.92 Å². The molecule has 0 saturated carbocycles. The molecule has 1 aromatic rings. The summed E-state index contributed by atoms with van der Waals surface area (Å²) in [7, 11) is 0. The third-order valence-electron chi connectivity index (χ3n) is 3.55. The van der Waals surface area contributed by atoms with E-state index in [0.717, 1.165) is 24.1 Å². The molecule has 1 aromatic carbocycles. The third-order valence-corrected chi connectivity index (χ3v) is 3.55. The number of amides is 3. The molecule has 1 atom stereocenters. The minimum atomic E-state index is -0.363. The molecule has 5 heteroatoms. The molecule has 0 aromatic heterocycles. The van der Waals surface area contributed by atoms with E-state index in [1.165, 1.54) is 0 Å². The first-order valence-electron chi connectivity index (χ1n) is 7.42. The van der Waals surface area contributed by atoms with E-state index in [0.29, 0.717) is 6.54 Å². The summed E-state index contributed by atoms with van der Waals surface area (Å²) in [6.45, 7) is 6.46. The van der Waals surface area contributed by atoms with Crippen LogP contribution in [-0.4, -0.2) is 35.5 Å². The predicted molar refractivity (Wildman–Crippen MR) is 83.2 cm³/mol. The highest BCUT2D eigenvalue weighted by atomic mass is 16.2. The van der Waals surface area contributed by atoms with Gasteiger partial charge in [0.05, 0.1) is 0 Å². The van der Waals surface area contributed by atoms with Crippen LogP contribution in [0.2, 0.25) is 0 Å². The lowest BCUT2D eigenvalue weighted by Crippen LogP contribution is -2.48.